The molecule has 0 radical (unpaired) electrons. The Morgan fingerprint density at radius 3 is 2.58 bits per heavy atom. The van der Waals surface area contributed by atoms with Crippen molar-refractivity contribution in [3.8, 4) is 0 Å². The fourth-order valence-corrected chi connectivity index (χ4v) is 5.18. The van der Waals surface area contributed by atoms with Gasteiger partial charge in [-0.25, -0.2) is 0 Å². The van der Waals surface area contributed by atoms with E-state index in [-0.39, 0.29) is 12.3 Å². The highest BCUT2D eigenvalue weighted by molar-refractivity contribution is 8.26. The molecule has 1 heterocycles. The van der Waals surface area contributed by atoms with Gasteiger partial charge in [-0.15, -0.1) is 0 Å². The SMILES string of the molecule is CC(CCCCN1c2cccc3cccc(c23)S1(O)O)CC(=O)O. The van der Waals surface area contributed by atoms with E-state index in [4.69, 9.17) is 5.11 Å². The summed E-state index contributed by atoms with van der Waals surface area (Å²) in [5.41, 5.74) is 0.877. The number of hydrogen-bond acceptors (Lipinski definition) is 4. The van der Waals surface area contributed by atoms with Crippen LogP contribution in [0.4, 0.5) is 5.69 Å². The minimum atomic E-state index is -2.98. The lowest BCUT2D eigenvalue weighted by molar-refractivity contribution is -0.138. The second-order valence-electron chi connectivity index (χ2n) is 6.45. The van der Waals surface area contributed by atoms with E-state index in [1.807, 2.05) is 37.3 Å². The predicted octanol–water partition coefficient (Wildman–Crippen LogP) is 4.97. The normalized spacial score (nSPS) is 17.9. The van der Waals surface area contributed by atoms with Crippen LogP contribution in [-0.2, 0) is 4.79 Å². The van der Waals surface area contributed by atoms with Crippen LogP contribution in [0.25, 0.3) is 10.8 Å². The lowest BCUT2D eigenvalue weighted by Crippen LogP contribution is -2.25. The molecule has 1 aliphatic heterocycles. The maximum atomic E-state index is 10.7. The number of carboxylic acids is 1. The molecule has 1 atom stereocenters. The van der Waals surface area contributed by atoms with Crippen LogP contribution in [0.2, 0.25) is 0 Å². The van der Waals surface area contributed by atoms with Gasteiger partial charge in [-0.05, 0) is 29.9 Å². The second-order valence-corrected chi connectivity index (χ2v) is 8.37. The molecule has 0 bridgehead atoms. The van der Waals surface area contributed by atoms with Crippen LogP contribution in [-0.4, -0.2) is 26.7 Å². The van der Waals surface area contributed by atoms with Gasteiger partial charge in [-0.3, -0.25) is 18.2 Å². The van der Waals surface area contributed by atoms with E-state index in [1.54, 1.807) is 10.4 Å². The number of benzene rings is 2. The quantitative estimate of drug-likeness (QED) is 0.615. The number of aliphatic carboxylic acids is 1. The molecule has 24 heavy (non-hydrogen) atoms. The third-order valence-corrected chi connectivity index (χ3v) is 6.47. The Kier molecular flexibility index (Phi) is 4.71. The first-order valence-corrected chi connectivity index (χ1v) is 9.71. The van der Waals surface area contributed by atoms with Gasteiger partial charge in [0.2, 0.25) is 0 Å². The summed E-state index contributed by atoms with van der Waals surface area (Å²) in [6, 6.07) is 11.5. The molecule has 2 aromatic rings. The average Bonchev–Trinajstić information content (AvgIpc) is 2.74. The fraction of sp³-hybridized carbons (Fsp3) is 0.389. The Labute approximate surface area is 143 Å². The minimum absolute atomic E-state index is 0.141. The summed E-state index contributed by atoms with van der Waals surface area (Å²) >= 11 is 0. The van der Waals surface area contributed by atoms with Gasteiger partial charge in [0.25, 0.3) is 0 Å². The highest BCUT2D eigenvalue weighted by Gasteiger charge is 2.35. The van der Waals surface area contributed by atoms with Gasteiger partial charge in [0, 0.05) is 18.4 Å². The Morgan fingerprint density at radius 2 is 1.88 bits per heavy atom. The van der Waals surface area contributed by atoms with Gasteiger partial charge >= 0.3 is 5.97 Å². The van der Waals surface area contributed by atoms with Crippen molar-refractivity contribution in [2.45, 2.75) is 37.5 Å². The summed E-state index contributed by atoms with van der Waals surface area (Å²) in [4.78, 5) is 11.3. The van der Waals surface area contributed by atoms with E-state index in [0.29, 0.717) is 11.4 Å². The van der Waals surface area contributed by atoms with Gasteiger partial charge in [0.15, 0.2) is 0 Å². The molecule has 0 fully saturated rings. The monoisotopic (exact) mass is 349 g/mol. The van der Waals surface area contributed by atoms with E-state index in [2.05, 4.69) is 0 Å². The van der Waals surface area contributed by atoms with Gasteiger partial charge < -0.3 is 5.11 Å². The maximum absolute atomic E-state index is 10.7. The number of rotatable bonds is 7. The molecule has 6 heteroatoms. The average molecular weight is 349 g/mol. The molecule has 0 saturated carbocycles. The van der Waals surface area contributed by atoms with Crippen molar-refractivity contribution < 1.29 is 19.0 Å². The molecule has 0 spiro atoms. The van der Waals surface area contributed by atoms with Gasteiger partial charge in [-0.2, -0.15) is 0 Å². The van der Waals surface area contributed by atoms with Crippen LogP contribution in [0.15, 0.2) is 41.3 Å². The number of carboxylic acid groups (broad SMARTS) is 1. The minimum Gasteiger partial charge on any atom is -0.481 e. The third-order valence-electron chi connectivity index (χ3n) is 4.55. The van der Waals surface area contributed by atoms with Crippen molar-refractivity contribution in [3.63, 3.8) is 0 Å². The Balaban J connectivity index is 1.69. The van der Waals surface area contributed by atoms with Crippen LogP contribution >= 0.6 is 10.8 Å². The Bertz CT molecular complexity index is 757. The van der Waals surface area contributed by atoms with Crippen molar-refractivity contribution in [1.82, 2.24) is 0 Å². The summed E-state index contributed by atoms with van der Waals surface area (Å²) in [5, 5.41) is 10.7. The molecule has 0 amide bonds. The topological polar surface area (TPSA) is 81.0 Å². The van der Waals surface area contributed by atoms with Crippen LogP contribution in [0.3, 0.4) is 0 Å². The number of unbranched alkanes of at least 4 members (excludes halogenated alkanes) is 1. The van der Waals surface area contributed by atoms with Crippen molar-refractivity contribution in [3.05, 3.63) is 36.4 Å². The van der Waals surface area contributed by atoms with E-state index < -0.39 is 16.7 Å². The zero-order chi connectivity index (χ0) is 17.3. The second kappa shape index (κ2) is 6.63. The highest BCUT2D eigenvalue weighted by atomic mass is 32.3. The molecule has 0 saturated heterocycles. The summed E-state index contributed by atoms with van der Waals surface area (Å²) in [6.45, 7) is 2.49. The Morgan fingerprint density at radius 1 is 1.17 bits per heavy atom. The molecule has 3 rings (SSSR count). The number of hydrogen-bond donors (Lipinski definition) is 3. The first kappa shape index (κ1) is 17.1. The molecular weight excluding hydrogens is 326 g/mol. The van der Waals surface area contributed by atoms with Crippen LogP contribution < -0.4 is 4.31 Å². The maximum Gasteiger partial charge on any atom is 0.303 e. The number of nitrogens with zero attached hydrogens (tertiary/aromatic N) is 1. The molecule has 1 unspecified atom stereocenters. The molecule has 0 aliphatic carbocycles. The molecule has 3 N–H and O–H groups in total. The summed E-state index contributed by atoms with van der Waals surface area (Å²) in [7, 11) is -2.98. The van der Waals surface area contributed by atoms with Gasteiger partial charge in [0.05, 0.1) is 10.6 Å². The zero-order valence-electron chi connectivity index (χ0n) is 13.7. The fourth-order valence-electron chi connectivity index (χ4n) is 3.38. The largest absolute Gasteiger partial charge is 0.481 e. The first-order chi connectivity index (χ1) is 11.4. The van der Waals surface area contributed by atoms with E-state index >= 15 is 0 Å². The zero-order valence-corrected chi connectivity index (χ0v) is 14.5. The summed E-state index contributed by atoms with van der Waals surface area (Å²) in [5.74, 6) is -0.625. The third kappa shape index (κ3) is 3.09. The van der Waals surface area contributed by atoms with E-state index in [0.717, 1.165) is 35.7 Å². The van der Waals surface area contributed by atoms with Crippen molar-refractivity contribution in [2.24, 2.45) is 5.92 Å². The van der Waals surface area contributed by atoms with Crippen LogP contribution in [0.1, 0.15) is 32.6 Å². The number of carbonyl (C=O) groups is 1. The van der Waals surface area contributed by atoms with Crippen LogP contribution in [0, 0.1) is 5.92 Å². The van der Waals surface area contributed by atoms with E-state index in [1.165, 1.54) is 0 Å². The molecule has 0 aromatic heterocycles. The Hall–Kier alpha value is -1.76. The standard InChI is InChI=1S/C18H23NO4S/c1-13(12-17(20)21)6-2-3-11-19-15-9-4-7-14-8-5-10-16(18(14)15)24(19,22)23/h4-5,7-10,13,22-23H,2-3,6,11-12H2,1H3,(H,20,21). The molecule has 2 aromatic carbocycles. The lowest BCUT2D eigenvalue weighted by atomic mass is 10.0. The molecule has 130 valence electrons. The van der Waals surface area contributed by atoms with Gasteiger partial charge in [-0.1, -0.05) is 54.8 Å². The van der Waals surface area contributed by atoms with Crippen molar-refractivity contribution in [1.29, 1.82) is 0 Å². The molecule has 1 aliphatic rings. The van der Waals surface area contributed by atoms with Gasteiger partial charge in [0.1, 0.15) is 0 Å². The highest BCUT2D eigenvalue weighted by Crippen LogP contribution is 2.63. The van der Waals surface area contributed by atoms with Crippen molar-refractivity contribution >= 4 is 33.2 Å². The van der Waals surface area contributed by atoms with E-state index in [9.17, 15) is 13.9 Å². The summed E-state index contributed by atoms with van der Waals surface area (Å²) in [6.07, 6.45) is 2.68. The lowest BCUT2D eigenvalue weighted by Gasteiger charge is -2.39. The summed E-state index contributed by atoms with van der Waals surface area (Å²) < 4.78 is 23.1. The molecule has 5 nitrogen and oxygen atoms in total. The predicted molar refractivity (Wildman–Crippen MR) is 97.7 cm³/mol. The first-order valence-electron chi connectivity index (χ1n) is 8.20. The number of anilines is 1. The van der Waals surface area contributed by atoms with Crippen LogP contribution in [0.5, 0.6) is 0 Å². The molecular formula is C18H23NO4S. The van der Waals surface area contributed by atoms with Crippen molar-refractivity contribution in [2.75, 3.05) is 10.8 Å². The smallest absolute Gasteiger partial charge is 0.303 e.